The molecule has 0 bridgehead atoms. The molecule has 0 saturated heterocycles. The second-order valence-corrected chi connectivity index (χ2v) is 4.67. The molecule has 1 aliphatic rings. The Kier molecular flexibility index (Phi) is 3.03. The maximum atomic E-state index is 13.9. The van der Waals surface area contributed by atoms with Crippen molar-refractivity contribution < 1.29 is 13.2 Å². The number of halogens is 3. The van der Waals surface area contributed by atoms with Gasteiger partial charge in [0.25, 0.3) is 0 Å². The van der Waals surface area contributed by atoms with Crippen molar-refractivity contribution >= 4 is 0 Å². The van der Waals surface area contributed by atoms with Crippen LogP contribution < -0.4 is 5.32 Å². The highest BCUT2D eigenvalue weighted by Gasteiger charge is 2.25. The summed E-state index contributed by atoms with van der Waals surface area (Å²) in [5, 5.41) is 3.17. The first-order valence-corrected chi connectivity index (χ1v) is 6.10. The van der Waals surface area contributed by atoms with Crippen LogP contribution in [0.15, 0.2) is 36.4 Å². The van der Waals surface area contributed by atoms with Crippen LogP contribution in [-0.4, -0.2) is 6.54 Å². The average molecular weight is 263 g/mol. The van der Waals surface area contributed by atoms with Crippen LogP contribution in [0.4, 0.5) is 13.2 Å². The first-order valence-electron chi connectivity index (χ1n) is 6.10. The van der Waals surface area contributed by atoms with Gasteiger partial charge in [-0.25, -0.2) is 13.2 Å². The van der Waals surface area contributed by atoms with Crippen LogP contribution in [0.25, 0.3) is 0 Å². The first-order chi connectivity index (χ1) is 9.16. The number of benzene rings is 2. The molecule has 1 heterocycles. The van der Waals surface area contributed by atoms with E-state index in [2.05, 4.69) is 5.32 Å². The van der Waals surface area contributed by atoms with Crippen LogP contribution >= 0.6 is 0 Å². The van der Waals surface area contributed by atoms with Gasteiger partial charge in [0.1, 0.15) is 5.82 Å². The molecule has 0 fully saturated rings. The van der Waals surface area contributed by atoms with Crippen LogP contribution in [0, 0.1) is 17.5 Å². The SMILES string of the molecule is Fc1cc(F)c(C2CNCc3ccccc32)cc1F. The summed E-state index contributed by atoms with van der Waals surface area (Å²) >= 11 is 0. The molecular formula is C15H12F3N. The minimum Gasteiger partial charge on any atom is -0.312 e. The molecule has 0 aromatic heterocycles. The van der Waals surface area contributed by atoms with Gasteiger partial charge in [-0.05, 0) is 22.8 Å². The standard InChI is InChI=1S/C15H12F3N/c16-13-6-15(18)14(17)5-11(13)12-8-19-7-9-3-1-2-4-10(9)12/h1-6,12,19H,7-8H2. The van der Waals surface area contributed by atoms with E-state index >= 15 is 0 Å². The zero-order chi connectivity index (χ0) is 13.4. The molecule has 4 heteroatoms. The topological polar surface area (TPSA) is 12.0 Å². The maximum absolute atomic E-state index is 13.9. The van der Waals surface area contributed by atoms with E-state index in [1.54, 1.807) is 0 Å². The van der Waals surface area contributed by atoms with E-state index in [0.717, 1.165) is 17.2 Å². The monoisotopic (exact) mass is 263 g/mol. The maximum Gasteiger partial charge on any atom is 0.161 e. The van der Waals surface area contributed by atoms with Crippen molar-refractivity contribution in [3.8, 4) is 0 Å². The van der Waals surface area contributed by atoms with Gasteiger partial charge in [0.05, 0.1) is 0 Å². The molecule has 1 unspecified atom stereocenters. The van der Waals surface area contributed by atoms with Crippen molar-refractivity contribution in [2.75, 3.05) is 6.54 Å². The summed E-state index contributed by atoms with van der Waals surface area (Å²) in [6, 6.07) is 9.20. The highest BCUT2D eigenvalue weighted by Crippen LogP contribution is 2.32. The predicted molar refractivity (Wildman–Crippen MR) is 66.3 cm³/mol. The lowest BCUT2D eigenvalue weighted by molar-refractivity contribution is 0.482. The third kappa shape index (κ3) is 2.12. The van der Waals surface area contributed by atoms with E-state index in [1.807, 2.05) is 24.3 Å². The average Bonchev–Trinajstić information content (AvgIpc) is 2.42. The third-order valence-electron chi connectivity index (χ3n) is 3.51. The quantitative estimate of drug-likeness (QED) is 0.778. The second-order valence-electron chi connectivity index (χ2n) is 4.67. The molecule has 19 heavy (non-hydrogen) atoms. The largest absolute Gasteiger partial charge is 0.312 e. The summed E-state index contributed by atoms with van der Waals surface area (Å²) in [6.07, 6.45) is 0. The van der Waals surface area contributed by atoms with Crippen LogP contribution in [0.3, 0.4) is 0 Å². The Hall–Kier alpha value is -1.81. The Labute approximate surface area is 109 Å². The smallest absolute Gasteiger partial charge is 0.161 e. The molecule has 2 aromatic rings. The van der Waals surface area contributed by atoms with Gasteiger partial charge in [-0.1, -0.05) is 24.3 Å². The Bertz CT molecular complexity index is 625. The van der Waals surface area contributed by atoms with Gasteiger partial charge in [0, 0.05) is 25.1 Å². The Morgan fingerprint density at radius 2 is 1.63 bits per heavy atom. The molecule has 3 rings (SSSR count). The normalized spacial score (nSPS) is 18.2. The van der Waals surface area contributed by atoms with E-state index in [1.165, 1.54) is 0 Å². The van der Waals surface area contributed by atoms with Gasteiger partial charge in [-0.2, -0.15) is 0 Å². The van der Waals surface area contributed by atoms with E-state index in [-0.39, 0.29) is 11.5 Å². The molecule has 98 valence electrons. The summed E-state index contributed by atoms with van der Waals surface area (Å²) in [5.41, 5.74) is 2.22. The van der Waals surface area contributed by atoms with Gasteiger partial charge in [-0.3, -0.25) is 0 Å². The van der Waals surface area contributed by atoms with E-state index in [4.69, 9.17) is 0 Å². The van der Waals surface area contributed by atoms with Gasteiger partial charge in [0.15, 0.2) is 11.6 Å². The Balaban J connectivity index is 2.11. The summed E-state index contributed by atoms with van der Waals surface area (Å²) in [7, 11) is 0. The molecule has 1 atom stereocenters. The number of hydrogen-bond acceptors (Lipinski definition) is 1. The zero-order valence-electron chi connectivity index (χ0n) is 10.1. The molecule has 0 aliphatic carbocycles. The third-order valence-corrected chi connectivity index (χ3v) is 3.51. The van der Waals surface area contributed by atoms with Crippen LogP contribution in [0.5, 0.6) is 0 Å². The molecule has 0 radical (unpaired) electrons. The van der Waals surface area contributed by atoms with Gasteiger partial charge in [-0.15, -0.1) is 0 Å². The molecule has 0 amide bonds. The summed E-state index contributed by atoms with van der Waals surface area (Å²) in [6.45, 7) is 1.22. The second kappa shape index (κ2) is 4.70. The molecular weight excluding hydrogens is 251 g/mol. The summed E-state index contributed by atoms with van der Waals surface area (Å²) in [4.78, 5) is 0. The van der Waals surface area contributed by atoms with Gasteiger partial charge in [0.2, 0.25) is 0 Å². The van der Waals surface area contributed by atoms with E-state index in [0.29, 0.717) is 19.2 Å². The molecule has 0 saturated carbocycles. The van der Waals surface area contributed by atoms with Crippen molar-refractivity contribution in [3.05, 3.63) is 70.5 Å². The minimum atomic E-state index is -1.15. The lowest BCUT2D eigenvalue weighted by atomic mass is 9.85. The zero-order valence-corrected chi connectivity index (χ0v) is 10.1. The Morgan fingerprint density at radius 1 is 0.895 bits per heavy atom. The number of nitrogens with one attached hydrogen (secondary N) is 1. The van der Waals surface area contributed by atoms with Crippen molar-refractivity contribution in [2.24, 2.45) is 0 Å². The van der Waals surface area contributed by atoms with Crippen LogP contribution in [0.2, 0.25) is 0 Å². The van der Waals surface area contributed by atoms with Crippen LogP contribution in [-0.2, 0) is 6.54 Å². The molecule has 1 nitrogen and oxygen atoms in total. The molecule has 0 spiro atoms. The molecule has 2 aromatic carbocycles. The fourth-order valence-electron chi connectivity index (χ4n) is 2.58. The van der Waals surface area contributed by atoms with Gasteiger partial charge < -0.3 is 5.32 Å². The minimum absolute atomic E-state index is 0.193. The predicted octanol–water partition coefficient (Wildman–Crippen LogP) is 3.34. The number of fused-ring (bicyclic) bond motifs is 1. The van der Waals surface area contributed by atoms with Gasteiger partial charge >= 0.3 is 0 Å². The summed E-state index contributed by atoms with van der Waals surface area (Å²) < 4.78 is 40.2. The first kappa shape index (κ1) is 12.2. The fraction of sp³-hybridized carbons (Fsp3) is 0.200. The molecule has 1 N–H and O–H groups in total. The van der Waals surface area contributed by atoms with E-state index in [9.17, 15) is 13.2 Å². The van der Waals surface area contributed by atoms with Crippen LogP contribution in [0.1, 0.15) is 22.6 Å². The summed E-state index contributed by atoms with van der Waals surface area (Å²) in [5.74, 6) is -3.17. The lowest BCUT2D eigenvalue weighted by Crippen LogP contribution is -2.29. The van der Waals surface area contributed by atoms with Crippen molar-refractivity contribution in [2.45, 2.75) is 12.5 Å². The molecule has 1 aliphatic heterocycles. The highest BCUT2D eigenvalue weighted by atomic mass is 19.2. The fourth-order valence-corrected chi connectivity index (χ4v) is 2.58. The lowest BCUT2D eigenvalue weighted by Gasteiger charge is -2.27. The Morgan fingerprint density at radius 3 is 2.47 bits per heavy atom. The van der Waals surface area contributed by atoms with E-state index < -0.39 is 17.5 Å². The highest BCUT2D eigenvalue weighted by molar-refractivity contribution is 5.41. The number of rotatable bonds is 1. The number of hydrogen-bond donors (Lipinski definition) is 1. The van der Waals surface area contributed by atoms with Crippen molar-refractivity contribution in [3.63, 3.8) is 0 Å². The van der Waals surface area contributed by atoms with Crippen molar-refractivity contribution in [1.82, 2.24) is 5.32 Å². The van der Waals surface area contributed by atoms with Crippen molar-refractivity contribution in [1.29, 1.82) is 0 Å².